The first-order valence-electron chi connectivity index (χ1n) is 21.2. The molecule has 0 radical (unpaired) electrons. The van der Waals surface area contributed by atoms with Crippen molar-refractivity contribution in [1.82, 2.24) is 30.4 Å². The van der Waals surface area contributed by atoms with Gasteiger partial charge in [0.25, 0.3) is 0 Å². The number of rotatable bonds is 11. The molecule has 3 fully saturated rings. The quantitative estimate of drug-likeness (QED) is 0.113. The third kappa shape index (κ3) is 9.00. The first kappa shape index (κ1) is 44.9. The molecule has 3 aromatic carbocycles. The minimum atomic E-state index is -0.696. The summed E-state index contributed by atoms with van der Waals surface area (Å²) >= 11 is 0. The van der Waals surface area contributed by atoms with E-state index in [0.29, 0.717) is 24.7 Å². The molecule has 4 heterocycles. The molecule has 2 bridgehead atoms. The molecule has 0 unspecified atom stereocenters. The first-order chi connectivity index (χ1) is 29.4. The Labute approximate surface area is 384 Å². The fourth-order valence-corrected chi connectivity index (χ4v) is 9.32. The van der Waals surface area contributed by atoms with Crippen LogP contribution in [-0.2, 0) is 25.7 Å². The number of carbonyl (C=O) groups is 4. The summed E-state index contributed by atoms with van der Waals surface area (Å²) in [5.41, 5.74) is 7.56. The van der Waals surface area contributed by atoms with Gasteiger partial charge in [-0.15, -0.1) is 5.56 Å². The number of hydrogen-bond donors (Lipinski definition) is 3. The normalized spacial score (nSPS) is 20.9. The molecule has 14 nitrogen and oxygen atoms in total. The molecular formula is C47H53N7NaO7-. The van der Waals surface area contributed by atoms with Gasteiger partial charge in [-0.25, -0.2) is 26.3 Å². The van der Waals surface area contributed by atoms with Gasteiger partial charge in [-0.3, -0.25) is 15.7 Å². The van der Waals surface area contributed by atoms with Crippen molar-refractivity contribution in [3.8, 4) is 39.3 Å². The number of imidazole rings is 1. The molecule has 1 aliphatic carbocycles. The van der Waals surface area contributed by atoms with Gasteiger partial charge in [-0.2, -0.15) is 18.3 Å². The van der Waals surface area contributed by atoms with Crippen molar-refractivity contribution in [2.24, 2.45) is 22.7 Å². The minimum absolute atomic E-state index is 0. The Bertz CT molecular complexity index is 2330. The maximum Gasteiger partial charge on any atom is 1.00 e. The molecule has 15 heteroatoms. The molecule has 2 saturated heterocycles. The Kier molecular flexibility index (Phi) is 13.8. The van der Waals surface area contributed by atoms with Crippen LogP contribution in [0.1, 0.15) is 77.2 Å². The summed E-state index contributed by atoms with van der Waals surface area (Å²) in [6.07, 6.45) is 8.32. The van der Waals surface area contributed by atoms with Gasteiger partial charge in [-0.05, 0) is 84.7 Å². The second-order valence-electron chi connectivity index (χ2n) is 17.1. The molecule has 1 saturated carbocycles. The fourth-order valence-electron chi connectivity index (χ4n) is 9.32. The smallest absolute Gasteiger partial charge is 0.488 e. The molecule has 1 aromatic heterocycles. The molecule has 320 valence electrons. The van der Waals surface area contributed by atoms with E-state index < -0.39 is 24.3 Å². The Balaban J connectivity index is 0.00000578. The van der Waals surface area contributed by atoms with E-state index in [1.54, 1.807) is 0 Å². The van der Waals surface area contributed by atoms with Gasteiger partial charge < -0.3 is 44.6 Å². The van der Waals surface area contributed by atoms with Gasteiger partial charge >= 0.3 is 41.7 Å². The van der Waals surface area contributed by atoms with E-state index in [0.717, 1.165) is 76.9 Å². The van der Waals surface area contributed by atoms with Crippen LogP contribution >= 0.6 is 0 Å². The summed E-state index contributed by atoms with van der Waals surface area (Å²) in [4.78, 5) is 67.9. The zero-order valence-corrected chi connectivity index (χ0v) is 38.5. The van der Waals surface area contributed by atoms with Crippen molar-refractivity contribution >= 4 is 35.9 Å². The van der Waals surface area contributed by atoms with Crippen LogP contribution in [0.25, 0.3) is 33.5 Å². The van der Waals surface area contributed by atoms with Crippen LogP contribution in [0, 0.1) is 23.8 Å². The standard InChI is InChI=1S/C47H53N7O7.Na/c1-26(2)41(51-46(57)59-5)44(55)53-19-7-8-38(53)43-49-23-37(50-43)30-13-17-35-32(20-30)25-61-40-22-29(12-18-36(35)40)28-9-14-33(15-10-28)48-24-39-31-11-16-34(21-31)54(39)45(56)42(27(3)4)52-47(58)60-6;/h9-10,12-14,17-18,20,22-23,26-27,31,34,38-39,41-42H,7-8,11,16,19,21,25H2,1-6H3,(H,49,50)(H,51,57)(H,52,58);/q-2;+1/t31-,34+,38-,39+,41-,42-;/m0./s1. The maximum atomic E-state index is 13.8. The Morgan fingerprint density at radius 2 is 1.58 bits per heavy atom. The van der Waals surface area contributed by atoms with Gasteiger partial charge in [0.2, 0.25) is 11.8 Å². The number of methoxy groups -OCH3 is 2. The Morgan fingerprint density at radius 1 is 0.887 bits per heavy atom. The molecule has 6 atom stereocenters. The SMILES string of the molecule is COC(=O)N[C@H](C(=O)N1CCC[C@H]1c1ncc(-c2ccc3c(c2)COc2cc(-c4c[c-]c(N=[C-][C@@H]5[C@H]6CC[C@H](C6)N5C(=O)[C@@H](NC(=O)OC)C(C)C)cc4)ccc2-3)[nH]1)C(C)C.[Na+]. The second kappa shape index (κ2) is 19.1. The number of piperidine rings is 1. The summed E-state index contributed by atoms with van der Waals surface area (Å²) < 4.78 is 15.9. The van der Waals surface area contributed by atoms with Crippen molar-refractivity contribution < 1.29 is 62.9 Å². The second-order valence-corrected chi connectivity index (χ2v) is 17.1. The number of hydrogen-bond acceptors (Lipinski definition) is 9. The molecule has 4 aromatic rings. The number of amides is 4. The van der Waals surface area contributed by atoms with E-state index in [1.165, 1.54) is 14.2 Å². The molecule has 4 aliphatic rings. The number of ether oxygens (including phenoxy) is 3. The first-order valence-corrected chi connectivity index (χ1v) is 21.2. The Hall–Kier alpha value is -5.18. The number of alkyl carbamates (subject to hydrolysis) is 2. The summed E-state index contributed by atoms with van der Waals surface area (Å²) in [5.74, 6) is 1.30. The number of H-pyrrole nitrogens is 1. The predicted octanol–water partition coefficient (Wildman–Crippen LogP) is 4.49. The molecule has 62 heavy (non-hydrogen) atoms. The number of nitrogens with one attached hydrogen (secondary N) is 3. The van der Waals surface area contributed by atoms with Gasteiger partial charge in [-0.1, -0.05) is 57.5 Å². The van der Waals surface area contributed by atoms with E-state index >= 15 is 0 Å². The van der Waals surface area contributed by atoms with Crippen molar-refractivity contribution in [1.29, 1.82) is 0 Å². The fraction of sp³-hybridized carbons (Fsp3) is 0.447. The summed E-state index contributed by atoms with van der Waals surface area (Å²) in [6.45, 7) is 8.62. The molecule has 3 N–H and O–H groups in total. The van der Waals surface area contributed by atoms with Gasteiger partial charge in [0.05, 0.1) is 32.2 Å². The molecule has 3 aliphatic heterocycles. The summed E-state index contributed by atoms with van der Waals surface area (Å²) in [6, 6.07) is 19.9. The van der Waals surface area contributed by atoms with Gasteiger partial charge in [0.1, 0.15) is 30.3 Å². The number of aromatic nitrogens is 2. The average molecular weight is 851 g/mol. The van der Waals surface area contributed by atoms with Crippen LogP contribution in [0.3, 0.4) is 0 Å². The van der Waals surface area contributed by atoms with E-state index in [-0.39, 0.29) is 77.3 Å². The van der Waals surface area contributed by atoms with Crippen molar-refractivity contribution in [2.75, 3.05) is 20.8 Å². The zero-order valence-electron chi connectivity index (χ0n) is 36.5. The largest absolute Gasteiger partial charge is 1.00 e. The van der Waals surface area contributed by atoms with Crippen molar-refractivity contribution in [2.45, 2.75) is 96.6 Å². The number of benzene rings is 3. The van der Waals surface area contributed by atoms with Gasteiger partial charge in [0.15, 0.2) is 0 Å². The monoisotopic (exact) mass is 850 g/mol. The Morgan fingerprint density at radius 3 is 2.27 bits per heavy atom. The average Bonchev–Trinajstić information content (AvgIpc) is 4.11. The van der Waals surface area contributed by atoms with Crippen LogP contribution in [-0.4, -0.2) is 94.9 Å². The number of carbonyl (C=O) groups excluding carboxylic acids is 4. The summed E-state index contributed by atoms with van der Waals surface area (Å²) in [5, 5.41) is 5.43. The van der Waals surface area contributed by atoms with E-state index in [2.05, 4.69) is 69.3 Å². The molecule has 4 amide bonds. The number of nitrogens with zero attached hydrogens (tertiary/aromatic N) is 4. The van der Waals surface area contributed by atoms with Gasteiger partial charge in [0, 0.05) is 18.2 Å². The number of fused-ring (bicyclic) bond motifs is 5. The minimum Gasteiger partial charge on any atom is -0.488 e. The predicted molar refractivity (Wildman–Crippen MR) is 229 cm³/mol. The van der Waals surface area contributed by atoms with Crippen LogP contribution < -0.4 is 44.9 Å². The summed E-state index contributed by atoms with van der Waals surface area (Å²) in [7, 11) is 2.59. The molecular weight excluding hydrogens is 798 g/mol. The third-order valence-corrected chi connectivity index (χ3v) is 12.6. The third-order valence-electron chi connectivity index (χ3n) is 12.6. The number of aliphatic imine (C=N–C) groups is 1. The van der Waals surface area contributed by atoms with Crippen LogP contribution in [0.2, 0.25) is 0 Å². The topological polar surface area (TPSA) is 168 Å². The maximum absolute atomic E-state index is 13.8. The van der Waals surface area contributed by atoms with E-state index in [9.17, 15) is 19.2 Å². The molecule has 8 rings (SSSR count). The van der Waals surface area contributed by atoms with Crippen LogP contribution in [0.5, 0.6) is 5.75 Å². The van der Waals surface area contributed by atoms with E-state index in [4.69, 9.17) is 19.2 Å². The van der Waals surface area contributed by atoms with Crippen LogP contribution in [0.15, 0.2) is 65.8 Å². The molecule has 0 spiro atoms. The number of aromatic amines is 1. The van der Waals surface area contributed by atoms with Crippen molar-refractivity contribution in [3.63, 3.8) is 0 Å². The van der Waals surface area contributed by atoms with Crippen molar-refractivity contribution in [3.05, 3.63) is 78.2 Å². The number of likely N-dealkylation sites (tertiary alicyclic amines) is 2. The van der Waals surface area contributed by atoms with E-state index in [1.807, 2.05) is 61.9 Å². The zero-order chi connectivity index (χ0) is 42.9. The van der Waals surface area contributed by atoms with Crippen LogP contribution in [0.4, 0.5) is 15.3 Å².